The maximum Gasteiger partial charge on any atom is 0.123 e. The molecule has 0 N–H and O–H groups in total. The molecule has 2 aromatic carbocycles. The molecule has 3 heteroatoms. The Morgan fingerprint density at radius 1 is 1.05 bits per heavy atom. The summed E-state index contributed by atoms with van der Waals surface area (Å²) in [5.74, 6) is -0.204. The molecule has 0 unspecified atom stereocenters. The molecule has 2 nitrogen and oxygen atoms in total. The number of rotatable bonds is 4. The van der Waals surface area contributed by atoms with Crippen LogP contribution in [-0.4, -0.2) is 11.9 Å². The van der Waals surface area contributed by atoms with Gasteiger partial charge in [0, 0.05) is 13.1 Å². The SMILES string of the molecule is CN(Cc1ccc(C#N)cc1)Cc1cccc(F)c1. The van der Waals surface area contributed by atoms with Crippen LogP contribution >= 0.6 is 0 Å². The van der Waals surface area contributed by atoms with Crippen LogP contribution in [0.5, 0.6) is 0 Å². The number of halogens is 1. The standard InChI is InChI=1S/C16H15FN2/c1-19(12-15-3-2-4-16(17)9-15)11-14-7-5-13(10-18)6-8-14/h2-9H,11-12H2,1H3. The zero-order chi connectivity index (χ0) is 13.7. The fourth-order valence-corrected chi connectivity index (χ4v) is 2.00. The van der Waals surface area contributed by atoms with Crippen LogP contribution in [0.15, 0.2) is 48.5 Å². The van der Waals surface area contributed by atoms with E-state index in [1.807, 2.05) is 37.4 Å². The molecule has 0 saturated carbocycles. The summed E-state index contributed by atoms with van der Waals surface area (Å²) in [4.78, 5) is 2.11. The largest absolute Gasteiger partial charge is 0.298 e. The van der Waals surface area contributed by atoms with E-state index in [9.17, 15) is 4.39 Å². The molecular formula is C16H15FN2. The van der Waals surface area contributed by atoms with E-state index in [0.717, 1.165) is 17.7 Å². The molecule has 0 bridgehead atoms. The third-order valence-corrected chi connectivity index (χ3v) is 2.88. The quantitative estimate of drug-likeness (QED) is 0.836. The van der Waals surface area contributed by atoms with Crippen molar-refractivity contribution in [2.24, 2.45) is 0 Å². The number of nitrogens with zero attached hydrogens (tertiary/aromatic N) is 2. The molecule has 96 valence electrons. The molecule has 0 aliphatic rings. The van der Waals surface area contributed by atoms with Gasteiger partial charge in [-0.05, 0) is 42.4 Å². The number of hydrogen-bond acceptors (Lipinski definition) is 2. The Labute approximate surface area is 112 Å². The van der Waals surface area contributed by atoms with Crippen LogP contribution in [0.1, 0.15) is 16.7 Å². The van der Waals surface area contributed by atoms with E-state index >= 15 is 0 Å². The minimum atomic E-state index is -0.204. The van der Waals surface area contributed by atoms with E-state index in [4.69, 9.17) is 5.26 Å². The lowest BCUT2D eigenvalue weighted by Crippen LogP contribution is -2.17. The lowest BCUT2D eigenvalue weighted by atomic mass is 10.1. The summed E-state index contributed by atoms with van der Waals surface area (Å²) < 4.78 is 13.1. The Hall–Kier alpha value is -2.18. The summed E-state index contributed by atoms with van der Waals surface area (Å²) in [5, 5.41) is 8.74. The molecule has 0 saturated heterocycles. The molecule has 2 rings (SSSR count). The van der Waals surface area contributed by atoms with Crippen molar-refractivity contribution >= 4 is 0 Å². The van der Waals surface area contributed by atoms with Gasteiger partial charge in [-0.2, -0.15) is 5.26 Å². The average Bonchev–Trinajstić information content (AvgIpc) is 2.39. The monoisotopic (exact) mass is 254 g/mol. The fraction of sp³-hybridized carbons (Fsp3) is 0.188. The Bertz CT molecular complexity index is 584. The summed E-state index contributed by atoms with van der Waals surface area (Å²) >= 11 is 0. The normalized spacial score (nSPS) is 10.4. The van der Waals surface area contributed by atoms with Crippen molar-refractivity contribution in [3.8, 4) is 6.07 Å². The van der Waals surface area contributed by atoms with Gasteiger partial charge >= 0.3 is 0 Å². The summed E-state index contributed by atoms with van der Waals surface area (Å²) in [6, 6.07) is 16.2. The third kappa shape index (κ3) is 3.90. The van der Waals surface area contributed by atoms with E-state index in [1.165, 1.54) is 6.07 Å². The van der Waals surface area contributed by atoms with Gasteiger partial charge in [-0.1, -0.05) is 24.3 Å². The van der Waals surface area contributed by atoms with Crippen LogP contribution in [0.2, 0.25) is 0 Å². The van der Waals surface area contributed by atoms with Gasteiger partial charge in [0.05, 0.1) is 11.6 Å². The van der Waals surface area contributed by atoms with Crippen molar-refractivity contribution in [3.05, 3.63) is 71.0 Å². The zero-order valence-electron chi connectivity index (χ0n) is 10.8. The van der Waals surface area contributed by atoms with E-state index < -0.39 is 0 Å². The first-order valence-electron chi connectivity index (χ1n) is 6.09. The first-order valence-corrected chi connectivity index (χ1v) is 6.09. The van der Waals surface area contributed by atoms with Crippen molar-refractivity contribution < 1.29 is 4.39 Å². The van der Waals surface area contributed by atoms with Gasteiger partial charge in [-0.15, -0.1) is 0 Å². The maximum absolute atomic E-state index is 13.1. The van der Waals surface area contributed by atoms with Crippen LogP contribution in [0.3, 0.4) is 0 Å². The van der Waals surface area contributed by atoms with Gasteiger partial charge in [0.1, 0.15) is 5.82 Å². The van der Waals surface area contributed by atoms with Gasteiger partial charge < -0.3 is 0 Å². The van der Waals surface area contributed by atoms with E-state index in [0.29, 0.717) is 12.1 Å². The maximum atomic E-state index is 13.1. The van der Waals surface area contributed by atoms with E-state index in [2.05, 4.69) is 11.0 Å². The number of hydrogen-bond donors (Lipinski definition) is 0. The third-order valence-electron chi connectivity index (χ3n) is 2.88. The molecule has 0 heterocycles. The zero-order valence-corrected chi connectivity index (χ0v) is 10.8. The molecule has 2 aromatic rings. The highest BCUT2D eigenvalue weighted by molar-refractivity contribution is 5.31. The summed E-state index contributed by atoms with van der Waals surface area (Å²) in [7, 11) is 1.99. The summed E-state index contributed by atoms with van der Waals surface area (Å²) in [6.07, 6.45) is 0. The minimum Gasteiger partial charge on any atom is -0.298 e. The predicted octanol–water partition coefficient (Wildman–Crippen LogP) is 3.33. The molecule has 0 aliphatic carbocycles. The van der Waals surface area contributed by atoms with Gasteiger partial charge in [-0.3, -0.25) is 4.90 Å². The average molecular weight is 254 g/mol. The first kappa shape index (κ1) is 13.3. The Morgan fingerprint density at radius 3 is 2.37 bits per heavy atom. The lowest BCUT2D eigenvalue weighted by Gasteiger charge is -2.16. The molecular weight excluding hydrogens is 239 g/mol. The number of nitriles is 1. The highest BCUT2D eigenvalue weighted by atomic mass is 19.1. The smallest absolute Gasteiger partial charge is 0.123 e. The molecule has 0 spiro atoms. The molecule has 0 aliphatic heterocycles. The second-order valence-electron chi connectivity index (χ2n) is 4.61. The predicted molar refractivity (Wildman–Crippen MR) is 72.7 cm³/mol. The van der Waals surface area contributed by atoms with Gasteiger partial charge in [0.2, 0.25) is 0 Å². The second-order valence-corrected chi connectivity index (χ2v) is 4.61. The van der Waals surface area contributed by atoms with Gasteiger partial charge in [-0.25, -0.2) is 4.39 Å². The van der Waals surface area contributed by atoms with Crippen molar-refractivity contribution in [2.75, 3.05) is 7.05 Å². The van der Waals surface area contributed by atoms with Gasteiger partial charge in [0.25, 0.3) is 0 Å². The van der Waals surface area contributed by atoms with Crippen LogP contribution in [0, 0.1) is 17.1 Å². The van der Waals surface area contributed by atoms with E-state index in [1.54, 1.807) is 12.1 Å². The highest BCUT2D eigenvalue weighted by Crippen LogP contribution is 2.10. The Morgan fingerprint density at radius 2 is 1.74 bits per heavy atom. The second kappa shape index (κ2) is 6.12. The summed E-state index contributed by atoms with van der Waals surface area (Å²) in [6.45, 7) is 1.46. The Balaban J connectivity index is 1.97. The Kier molecular flexibility index (Phi) is 4.27. The molecule has 0 aromatic heterocycles. The van der Waals surface area contributed by atoms with Crippen LogP contribution in [0.4, 0.5) is 4.39 Å². The van der Waals surface area contributed by atoms with Crippen LogP contribution in [0.25, 0.3) is 0 Å². The molecule has 0 radical (unpaired) electrons. The van der Waals surface area contributed by atoms with Crippen LogP contribution in [-0.2, 0) is 13.1 Å². The van der Waals surface area contributed by atoms with Crippen molar-refractivity contribution in [1.82, 2.24) is 4.90 Å². The highest BCUT2D eigenvalue weighted by Gasteiger charge is 2.03. The number of benzene rings is 2. The van der Waals surface area contributed by atoms with Crippen LogP contribution < -0.4 is 0 Å². The van der Waals surface area contributed by atoms with E-state index in [-0.39, 0.29) is 5.82 Å². The topological polar surface area (TPSA) is 27.0 Å². The van der Waals surface area contributed by atoms with Crippen molar-refractivity contribution in [1.29, 1.82) is 5.26 Å². The fourth-order valence-electron chi connectivity index (χ4n) is 2.00. The molecule has 0 fully saturated rings. The lowest BCUT2D eigenvalue weighted by molar-refractivity contribution is 0.318. The first-order chi connectivity index (χ1) is 9.17. The van der Waals surface area contributed by atoms with Crippen molar-refractivity contribution in [3.63, 3.8) is 0 Å². The van der Waals surface area contributed by atoms with Gasteiger partial charge in [0.15, 0.2) is 0 Å². The molecule has 0 amide bonds. The summed E-state index contributed by atoms with van der Waals surface area (Å²) in [5.41, 5.74) is 2.76. The minimum absolute atomic E-state index is 0.204. The molecule has 19 heavy (non-hydrogen) atoms. The molecule has 0 atom stereocenters. The van der Waals surface area contributed by atoms with Crippen molar-refractivity contribution in [2.45, 2.75) is 13.1 Å².